The minimum atomic E-state index is -0.290. The molecular weight excluding hydrogens is 219 g/mol. The highest BCUT2D eigenvalue weighted by Crippen LogP contribution is 2.24. The largest absolute Gasteiger partial charge is 0.311 e. The highest BCUT2D eigenvalue weighted by molar-refractivity contribution is 5.66. The van der Waals surface area contributed by atoms with Gasteiger partial charge in [-0.2, -0.15) is 0 Å². The summed E-state index contributed by atoms with van der Waals surface area (Å²) in [5, 5.41) is 0. The summed E-state index contributed by atoms with van der Waals surface area (Å²) in [7, 11) is 0. The molecule has 0 spiro atoms. The average Bonchev–Trinajstić information content (AvgIpc) is 2.27. The lowest BCUT2D eigenvalue weighted by Crippen LogP contribution is -2.14. The number of aryl methyl sites for hydroxylation is 1. The van der Waals surface area contributed by atoms with E-state index in [1.54, 1.807) is 32.9 Å². The Bertz CT molecular complexity index is 632. The standard InChI is InChI=1S/C13H13FN2O/c1-7-10(5-4-6-11(7)14)12-8(2)13(17)16-9(3)15-12/h4-6H,1-3H3,(H,15,16,17). The van der Waals surface area contributed by atoms with Crippen molar-refractivity contribution >= 4 is 0 Å². The van der Waals surface area contributed by atoms with Crippen LogP contribution in [0.15, 0.2) is 23.0 Å². The number of hydrogen-bond donors (Lipinski definition) is 1. The maximum Gasteiger partial charge on any atom is 0.254 e. The summed E-state index contributed by atoms with van der Waals surface area (Å²) in [6.45, 7) is 5.08. The lowest BCUT2D eigenvalue weighted by Gasteiger charge is -2.09. The summed E-state index contributed by atoms with van der Waals surface area (Å²) in [6, 6.07) is 4.79. The average molecular weight is 232 g/mol. The summed E-state index contributed by atoms with van der Waals surface area (Å²) >= 11 is 0. The second-order valence-electron chi connectivity index (χ2n) is 4.04. The quantitative estimate of drug-likeness (QED) is 0.821. The molecule has 3 nitrogen and oxygen atoms in total. The van der Waals surface area contributed by atoms with Crippen LogP contribution in [0.3, 0.4) is 0 Å². The van der Waals surface area contributed by atoms with Crippen molar-refractivity contribution < 1.29 is 4.39 Å². The fraction of sp³-hybridized carbons (Fsp3) is 0.231. The Kier molecular flexibility index (Phi) is 2.79. The Hall–Kier alpha value is -1.97. The number of hydrogen-bond acceptors (Lipinski definition) is 2. The first-order valence-corrected chi connectivity index (χ1v) is 5.33. The van der Waals surface area contributed by atoms with Gasteiger partial charge in [-0.25, -0.2) is 9.37 Å². The Morgan fingerprint density at radius 2 is 1.88 bits per heavy atom. The first-order valence-electron chi connectivity index (χ1n) is 5.33. The van der Waals surface area contributed by atoms with Crippen LogP contribution >= 0.6 is 0 Å². The van der Waals surface area contributed by atoms with E-state index in [0.29, 0.717) is 28.2 Å². The van der Waals surface area contributed by atoms with Crippen LogP contribution in [-0.2, 0) is 0 Å². The molecule has 1 heterocycles. The van der Waals surface area contributed by atoms with Gasteiger partial charge in [0.05, 0.1) is 5.69 Å². The fourth-order valence-corrected chi connectivity index (χ4v) is 1.77. The maximum absolute atomic E-state index is 13.5. The lowest BCUT2D eigenvalue weighted by molar-refractivity contribution is 0.619. The van der Waals surface area contributed by atoms with Crippen LogP contribution < -0.4 is 5.56 Å². The predicted octanol–water partition coefficient (Wildman–Crippen LogP) is 2.50. The number of halogens is 1. The number of aromatic nitrogens is 2. The van der Waals surface area contributed by atoms with Gasteiger partial charge in [-0.1, -0.05) is 12.1 Å². The molecule has 0 saturated carbocycles. The van der Waals surface area contributed by atoms with E-state index in [-0.39, 0.29) is 11.4 Å². The molecule has 0 aliphatic heterocycles. The van der Waals surface area contributed by atoms with E-state index in [2.05, 4.69) is 9.97 Å². The van der Waals surface area contributed by atoms with Gasteiger partial charge in [-0.05, 0) is 32.4 Å². The number of H-pyrrole nitrogens is 1. The van der Waals surface area contributed by atoms with Crippen LogP contribution in [0.5, 0.6) is 0 Å². The molecule has 0 aliphatic carbocycles. The van der Waals surface area contributed by atoms with Crippen molar-refractivity contribution in [3.63, 3.8) is 0 Å². The van der Waals surface area contributed by atoms with Gasteiger partial charge in [0.25, 0.3) is 5.56 Å². The van der Waals surface area contributed by atoms with Gasteiger partial charge in [0.1, 0.15) is 11.6 Å². The zero-order chi connectivity index (χ0) is 12.6. The highest BCUT2D eigenvalue weighted by Gasteiger charge is 2.12. The molecule has 0 bridgehead atoms. The van der Waals surface area contributed by atoms with Crippen molar-refractivity contribution in [2.75, 3.05) is 0 Å². The van der Waals surface area contributed by atoms with Gasteiger partial charge in [0.2, 0.25) is 0 Å². The van der Waals surface area contributed by atoms with E-state index in [0.717, 1.165) is 0 Å². The Balaban J connectivity index is 2.77. The Morgan fingerprint density at radius 3 is 2.59 bits per heavy atom. The second-order valence-corrected chi connectivity index (χ2v) is 4.04. The second kappa shape index (κ2) is 4.13. The van der Waals surface area contributed by atoms with Gasteiger partial charge in [0, 0.05) is 11.1 Å². The molecule has 0 amide bonds. The number of aromatic amines is 1. The van der Waals surface area contributed by atoms with Crippen LogP contribution in [0, 0.1) is 26.6 Å². The normalized spacial score (nSPS) is 10.6. The van der Waals surface area contributed by atoms with Crippen molar-refractivity contribution in [1.82, 2.24) is 9.97 Å². The van der Waals surface area contributed by atoms with Crippen LogP contribution in [-0.4, -0.2) is 9.97 Å². The SMILES string of the molecule is Cc1nc(-c2cccc(F)c2C)c(C)c(=O)[nH]1. The van der Waals surface area contributed by atoms with Crippen molar-refractivity contribution in [3.05, 3.63) is 51.3 Å². The minimum absolute atomic E-state index is 0.184. The van der Waals surface area contributed by atoms with Crippen LogP contribution in [0.1, 0.15) is 17.0 Å². The smallest absolute Gasteiger partial charge is 0.254 e. The number of nitrogens with one attached hydrogen (secondary N) is 1. The van der Waals surface area contributed by atoms with Crippen molar-refractivity contribution in [2.45, 2.75) is 20.8 Å². The van der Waals surface area contributed by atoms with Crippen molar-refractivity contribution in [1.29, 1.82) is 0 Å². The number of rotatable bonds is 1. The summed E-state index contributed by atoms with van der Waals surface area (Å²) in [5.41, 5.74) is 2.04. The molecular formula is C13H13FN2O. The lowest BCUT2D eigenvalue weighted by atomic mass is 10.0. The van der Waals surface area contributed by atoms with E-state index in [9.17, 15) is 9.18 Å². The molecule has 17 heavy (non-hydrogen) atoms. The molecule has 1 aromatic carbocycles. The molecule has 2 aromatic rings. The molecule has 0 radical (unpaired) electrons. The molecule has 0 fully saturated rings. The van der Waals surface area contributed by atoms with Gasteiger partial charge in [-0.3, -0.25) is 4.79 Å². The van der Waals surface area contributed by atoms with Crippen LogP contribution in [0.4, 0.5) is 4.39 Å². The third-order valence-electron chi connectivity index (χ3n) is 2.79. The van der Waals surface area contributed by atoms with E-state index in [1.165, 1.54) is 6.07 Å². The van der Waals surface area contributed by atoms with Gasteiger partial charge in [-0.15, -0.1) is 0 Å². The van der Waals surface area contributed by atoms with E-state index in [1.807, 2.05) is 0 Å². The van der Waals surface area contributed by atoms with Gasteiger partial charge < -0.3 is 4.98 Å². The summed E-state index contributed by atoms with van der Waals surface area (Å²) in [4.78, 5) is 18.5. The minimum Gasteiger partial charge on any atom is -0.311 e. The first-order chi connectivity index (χ1) is 8.00. The number of benzene rings is 1. The maximum atomic E-state index is 13.5. The zero-order valence-electron chi connectivity index (χ0n) is 9.97. The first kappa shape index (κ1) is 11.5. The topological polar surface area (TPSA) is 45.8 Å². The third kappa shape index (κ3) is 1.98. The van der Waals surface area contributed by atoms with E-state index >= 15 is 0 Å². The number of nitrogens with zero attached hydrogens (tertiary/aromatic N) is 1. The highest BCUT2D eigenvalue weighted by atomic mass is 19.1. The summed E-state index contributed by atoms with van der Waals surface area (Å²) in [6.07, 6.45) is 0. The van der Waals surface area contributed by atoms with Crippen molar-refractivity contribution in [3.8, 4) is 11.3 Å². The molecule has 1 N–H and O–H groups in total. The molecule has 0 unspecified atom stereocenters. The summed E-state index contributed by atoms with van der Waals surface area (Å²) in [5.74, 6) is 0.237. The van der Waals surface area contributed by atoms with Crippen LogP contribution in [0.2, 0.25) is 0 Å². The fourth-order valence-electron chi connectivity index (χ4n) is 1.77. The predicted molar refractivity (Wildman–Crippen MR) is 64.5 cm³/mol. The Labute approximate surface area is 98.3 Å². The molecule has 0 saturated heterocycles. The molecule has 1 aromatic heterocycles. The van der Waals surface area contributed by atoms with Gasteiger partial charge >= 0.3 is 0 Å². The zero-order valence-corrected chi connectivity index (χ0v) is 9.97. The Morgan fingerprint density at radius 1 is 1.18 bits per heavy atom. The third-order valence-corrected chi connectivity index (χ3v) is 2.79. The van der Waals surface area contributed by atoms with E-state index in [4.69, 9.17) is 0 Å². The van der Waals surface area contributed by atoms with Crippen LogP contribution in [0.25, 0.3) is 11.3 Å². The van der Waals surface area contributed by atoms with E-state index < -0.39 is 0 Å². The monoisotopic (exact) mass is 232 g/mol. The molecule has 88 valence electrons. The summed E-state index contributed by atoms with van der Waals surface area (Å²) < 4.78 is 13.5. The van der Waals surface area contributed by atoms with Crippen molar-refractivity contribution in [2.24, 2.45) is 0 Å². The molecule has 4 heteroatoms. The van der Waals surface area contributed by atoms with Gasteiger partial charge in [0.15, 0.2) is 0 Å². The molecule has 0 aliphatic rings. The molecule has 0 atom stereocenters. The molecule has 2 rings (SSSR count).